The Morgan fingerprint density at radius 3 is 2.63 bits per heavy atom. The second-order valence-electron chi connectivity index (χ2n) is 11.1. The van der Waals surface area contributed by atoms with Crippen LogP contribution in [0.2, 0.25) is 0 Å². The van der Waals surface area contributed by atoms with Gasteiger partial charge in [0.25, 0.3) is 0 Å². The molecule has 11 atom stereocenters. The third-order valence-corrected chi connectivity index (χ3v) is 10.4. The van der Waals surface area contributed by atoms with Crippen molar-refractivity contribution in [1.82, 2.24) is 10.2 Å². The summed E-state index contributed by atoms with van der Waals surface area (Å²) in [4.78, 5) is 15.3. The number of carbonyl (C=O) groups is 1. The van der Waals surface area contributed by atoms with Gasteiger partial charge in [0.15, 0.2) is 0 Å². The predicted molar refractivity (Wildman–Crippen MR) is 115 cm³/mol. The molecular formula is C25H39N3O2. The number of fused-ring (bicyclic) bond motifs is 1. The van der Waals surface area contributed by atoms with Crippen molar-refractivity contribution < 1.29 is 17.8 Å². The van der Waals surface area contributed by atoms with E-state index in [1.807, 2.05) is 0 Å². The van der Waals surface area contributed by atoms with E-state index in [1.54, 1.807) is 20.2 Å². The molecule has 5 nitrogen and oxygen atoms in total. The summed E-state index contributed by atoms with van der Waals surface area (Å²) in [7, 11) is 3.41. The Bertz CT molecular complexity index is 1080. The molecule has 30 heavy (non-hydrogen) atoms. The van der Waals surface area contributed by atoms with Crippen LogP contribution in [0.1, 0.15) is 74.9 Å². The van der Waals surface area contributed by atoms with Gasteiger partial charge in [0.1, 0.15) is 6.02 Å². The summed E-state index contributed by atoms with van der Waals surface area (Å²) in [6, 6.07) is -1.92. The third-order valence-electron chi connectivity index (χ3n) is 10.4. The van der Waals surface area contributed by atoms with Crippen LogP contribution in [0.4, 0.5) is 0 Å². The van der Waals surface area contributed by atoms with E-state index < -0.39 is 53.2 Å². The number of hydrogen-bond donors (Lipinski definition) is 1. The minimum Gasteiger partial charge on any atom is -0.378 e. The van der Waals surface area contributed by atoms with Gasteiger partial charge in [0.2, 0.25) is 5.91 Å². The predicted octanol–water partition coefficient (Wildman–Crippen LogP) is 3.59. The molecule has 7 unspecified atom stereocenters. The molecule has 0 radical (unpaired) electrons. The van der Waals surface area contributed by atoms with Crippen LogP contribution in [0.15, 0.2) is 0 Å². The van der Waals surface area contributed by atoms with Gasteiger partial charge in [-0.25, -0.2) is 0 Å². The molecule has 1 amide bonds. The van der Waals surface area contributed by atoms with Gasteiger partial charge in [0.05, 0.1) is 19.1 Å². The smallest absolute Gasteiger partial charge is 0.241 e. The molecule has 0 spiro atoms. The number of carbonyl (C=O) groups excluding carboxylic acids is 1. The number of nitrogens with zero attached hydrogens (tertiary/aromatic N) is 2. The summed E-state index contributed by atoms with van der Waals surface area (Å²) < 4.78 is 58.1. The summed E-state index contributed by atoms with van der Waals surface area (Å²) in [6.45, 7) is 10.4. The summed E-state index contributed by atoms with van der Waals surface area (Å²) in [5.74, 6) is -1.83. The number of methoxy groups -OCH3 is 1. The van der Waals surface area contributed by atoms with Crippen molar-refractivity contribution in [1.29, 1.82) is 5.26 Å². The largest absolute Gasteiger partial charge is 0.378 e. The molecule has 0 aromatic carbocycles. The lowest BCUT2D eigenvalue weighted by Crippen LogP contribution is -2.75. The van der Waals surface area contributed by atoms with Crippen molar-refractivity contribution >= 4 is 5.91 Å². The van der Waals surface area contributed by atoms with Crippen LogP contribution in [0.25, 0.3) is 0 Å². The molecular weight excluding hydrogens is 374 g/mol. The highest BCUT2D eigenvalue weighted by molar-refractivity contribution is 5.85. The van der Waals surface area contributed by atoms with Crippen molar-refractivity contribution in [3.63, 3.8) is 0 Å². The molecule has 166 valence electrons. The SMILES string of the molecule is [2H]C1([2H])[C@]2([2H])C([2H])([2H])[C@]2(C)N(C(=O)[C@@H](NC)C23CC4C(C)C(C)(C2)C(C)C(OC)(C3)C4C)[C@]1([2H])C#N. The van der Waals surface area contributed by atoms with E-state index in [2.05, 4.69) is 33.0 Å². The Kier molecular flexibility index (Phi) is 2.98. The fraction of sp³-hybridized carbons (Fsp3) is 0.920. The van der Waals surface area contributed by atoms with E-state index in [-0.39, 0.29) is 17.3 Å². The molecule has 0 aromatic heterocycles. The Balaban J connectivity index is 1.65. The molecule has 4 bridgehead atoms. The van der Waals surface area contributed by atoms with E-state index in [1.165, 1.54) is 6.92 Å². The average Bonchev–Trinajstić information content (AvgIpc) is 3.12. The summed E-state index contributed by atoms with van der Waals surface area (Å²) >= 11 is 0. The maximum absolute atomic E-state index is 14.5. The first kappa shape index (κ1) is 14.9. The zero-order chi connectivity index (χ0) is 27.3. The van der Waals surface area contributed by atoms with E-state index in [0.717, 1.165) is 17.7 Å². The lowest BCUT2D eigenvalue weighted by Gasteiger charge is -2.74. The number of likely N-dealkylation sites (tertiary alicyclic amines) is 1. The van der Waals surface area contributed by atoms with Crippen LogP contribution in [-0.4, -0.2) is 48.2 Å². The lowest BCUT2D eigenvalue weighted by atomic mass is 9.33. The van der Waals surface area contributed by atoms with Crippen molar-refractivity contribution in [2.24, 2.45) is 40.4 Å². The maximum Gasteiger partial charge on any atom is 0.241 e. The Morgan fingerprint density at radius 1 is 1.33 bits per heavy atom. The van der Waals surface area contributed by atoms with Crippen LogP contribution < -0.4 is 5.32 Å². The number of piperidine rings is 1. The Morgan fingerprint density at radius 2 is 2.03 bits per heavy atom. The number of likely N-dealkylation sites (N-methyl/N-ethyl adjacent to an activating group) is 1. The van der Waals surface area contributed by atoms with Crippen LogP contribution in [0.3, 0.4) is 0 Å². The molecule has 0 aromatic rings. The molecule has 6 rings (SSSR count). The molecule has 1 saturated heterocycles. The topological polar surface area (TPSA) is 65.4 Å². The fourth-order valence-electron chi connectivity index (χ4n) is 8.51. The Labute approximate surface area is 190 Å². The van der Waals surface area contributed by atoms with Crippen molar-refractivity contribution in [2.45, 2.75) is 89.8 Å². The number of rotatable bonds is 4. The normalized spacial score (nSPS) is 67.7. The monoisotopic (exact) mass is 419 g/mol. The quantitative estimate of drug-likeness (QED) is 0.756. The highest BCUT2D eigenvalue weighted by Gasteiger charge is 2.74. The minimum atomic E-state index is -2.89. The average molecular weight is 420 g/mol. The molecule has 5 aliphatic carbocycles. The van der Waals surface area contributed by atoms with E-state index in [0.29, 0.717) is 18.3 Å². The second-order valence-corrected chi connectivity index (χ2v) is 11.1. The summed E-state index contributed by atoms with van der Waals surface area (Å²) in [6.07, 6.45) is -3.18. The van der Waals surface area contributed by atoms with Crippen molar-refractivity contribution in [3.8, 4) is 6.07 Å². The van der Waals surface area contributed by atoms with Crippen molar-refractivity contribution in [2.75, 3.05) is 14.2 Å². The number of nitrogens with one attached hydrogen (secondary N) is 1. The number of hydrogen-bond acceptors (Lipinski definition) is 4. The second kappa shape index (κ2) is 6.01. The van der Waals surface area contributed by atoms with Crippen LogP contribution in [0, 0.1) is 51.7 Å². The molecule has 1 heterocycles. The van der Waals surface area contributed by atoms with Gasteiger partial charge in [-0.2, -0.15) is 5.26 Å². The molecule has 5 heteroatoms. The Hall–Kier alpha value is -1.12. The first-order valence-corrected chi connectivity index (χ1v) is 11.3. The van der Waals surface area contributed by atoms with E-state index in [9.17, 15) is 10.1 Å². The zero-order valence-electron chi connectivity index (χ0n) is 25.2. The lowest BCUT2D eigenvalue weighted by molar-refractivity contribution is -0.298. The van der Waals surface area contributed by atoms with E-state index in [4.69, 9.17) is 13.0 Å². The van der Waals surface area contributed by atoms with Gasteiger partial charge in [-0.1, -0.05) is 27.7 Å². The van der Waals surface area contributed by atoms with Gasteiger partial charge in [-0.3, -0.25) is 4.79 Å². The molecule has 5 saturated carbocycles. The maximum atomic E-state index is 14.5. The third kappa shape index (κ3) is 2.13. The highest BCUT2D eigenvalue weighted by Crippen LogP contribution is 2.74. The molecule has 6 aliphatic rings. The van der Waals surface area contributed by atoms with Gasteiger partial charge < -0.3 is 15.0 Å². The summed E-state index contributed by atoms with van der Waals surface area (Å²) in [5.41, 5.74) is -3.06. The number of nitriles is 1. The first-order valence-electron chi connectivity index (χ1n) is 14.3. The molecule has 6 fully saturated rings. The van der Waals surface area contributed by atoms with Gasteiger partial charge in [-0.15, -0.1) is 0 Å². The van der Waals surface area contributed by atoms with Crippen molar-refractivity contribution in [3.05, 3.63) is 0 Å². The van der Waals surface area contributed by atoms with Crippen LogP contribution in [-0.2, 0) is 9.53 Å². The fourth-order valence-corrected chi connectivity index (χ4v) is 8.51. The van der Waals surface area contributed by atoms with Crippen LogP contribution in [0.5, 0.6) is 0 Å². The van der Waals surface area contributed by atoms with E-state index >= 15 is 0 Å². The minimum absolute atomic E-state index is 0.108. The van der Waals surface area contributed by atoms with Gasteiger partial charge in [-0.05, 0) is 86.4 Å². The summed E-state index contributed by atoms with van der Waals surface area (Å²) in [5, 5.41) is 13.2. The first-order chi connectivity index (χ1) is 16.3. The number of amides is 1. The zero-order valence-corrected chi connectivity index (χ0v) is 19.2. The molecule has 1 aliphatic heterocycles. The van der Waals surface area contributed by atoms with Crippen LogP contribution >= 0.6 is 0 Å². The highest BCUT2D eigenvalue weighted by atomic mass is 16.5. The van der Waals surface area contributed by atoms with Gasteiger partial charge >= 0.3 is 0 Å². The standard InChI is InChI=1S/C25H39N3O2/c1-14-19-10-24(12-22(14,4)16(3)25(13-24,30-7)15(19)2)20(27-6)21(29)28-18(11-26)8-17-9-23(17,28)5/h14-20,27H,8-10,12-13H2,1-7H3/t14?,15?,16?,17-,18+,19?,20-,22?,23+,24?,25?/m1/s1/i8D2,9D2,17D,18D. The van der Waals surface area contributed by atoms with Gasteiger partial charge in [0, 0.05) is 19.5 Å². The number of ether oxygens (including phenoxy) is 1. The molecule has 1 N–H and O–H groups in total.